The first kappa shape index (κ1) is 16.5. The summed E-state index contributed by atoms with van der Waals surface area (Å²) in [4.78, 5) is 13.1. The molecule has 0 fully saturated rings. The molecule has 0 radical (unpaired) electrons. The summed E-state index contributed by atoms with van der Waals surface area (Å²) in [7, 11) is 0. The van der Waals surface area contributed by atoms with Gasteiger partial charge >= 0.3 is 6.18 Å². The van der Waals surface area contributed by atoms with Gasteiger partial charge in [-0.25, -0.2) is 0 Å². The highest BCUT2D eigenvalue weighted by atomic mass is 19.4. The standard InChI is InChI=1S/C16H16F3N3O2/c1-9(2)24-13-5-3-4-10-7-22(8-11(10)13)12-6-20-21-15(23)14(12)16(17,18)19/h3-6,9,14H,7-8H2,1-2H3. The highest BCUT2D eigenvalue weighted by molar-refractivity contribution is 5.83. The van der Waals surface area contributed by atoms with Crippen molar-refractivity contribution in [2.24, 2.45) is 16.1 Å². The van der Waals surface area contributed by atoms with Crippen LogP contribution in [0.15, 0.2) is 40.3 Å². The molecule has 8 heteroatoms. The fraction of sp³-hybridized carbons (Fsp3) is 0.438. The second-order valence-corrected chi connectivity index (χ2v) is 6.00. The Morgan fingerprint density at radius 2 is 2.04 bits per heavy atom. The molecule has 0 saturated heterocycles. The Balaban J connectivity index is 1.91. The van der Waals surface area contributed by atoms with E-state index in [0.29, 0.717) is 5.75 Å². The summed E-state index contributed by atoms with van der Waals surface area (Å²) < 4.78 is 45.5. The number of hydrogen-bond acceptors (Lipinski definition) is 4. The van der Waals surface area contributed by atoms with Gasteiger partial charge in [0.15, 0.2) is 5.92 Å². The lowest BCUT2D eigenvalue weighted by Gasteiger charge is -2.29. The van der Waals surface area contributed by atoms with Crippen LogP contribution in [-0.4, -0.2) is 23.1 Å². The van der Waals surface area contributed by atoms with E-state index < -0.39 is 18.0 Å². The Bertz CT molecular complexity index is 726. The Morgan fingerprint density at radius 3 is 2.71 bits per heavy atom. The van der Waals surface area contributed by atoms with Crippen molar-refractivity contribution in [2.75, 3.05) is 0 Å². The Kier molecular flexibility index (Phi) is 4.06. The van der Waals surface area contributed by atoms with E-state index in [1.165, 1.54) is 4.90 Å². The number of benzene rings is 1. The maximum Gasteiger partial charge on any atom is 0.406 e. The van der Waals surface area contributed by atoms with Crippen LogP contribution in [-0.2, 0) is 17.9 Å². The molecule has 128 valence electrons. The first-order chi connectivity index (χ1) is 11.3. The quantitative estimate of drug-likeness (QED) is 0.842. The van der Waals surface area contributed by atoms with Crippen LogP contribution < -0.4 is 4.74 Å². The average molecular weight is 339 g/mol. The minimum Gasteiger partial charge on any atom is -0.491 e. The van der Waals surface area contributed by atoms with Gasteiger partial charge in [0.2, 0.25) is 0 Å². The first-order valence-corrected chi connectivity index (χ1v) is 7.51. The first-order valence-electron chi connectivity index (χ1n) is 7.51. The predicted octanol–water partition coefficient (Wildman–Crippen LogP) is 3.80. The summed E-state index contributed by atoms with van der Waals surface area (Å²) in [6.45, 7) is 4.27. The van der Waals surface area contributed by atoms with E-state index in [9.17, 15) is 18.0 Å². The number of halogens is 3. The Hall–Kier alpha value is -2.38. The molecule has 2 aliphatic heterocycles. The van der Waals surface area contributed by atoms with Gasteiger partial charge in [0.1, 0.15) is 5.75 Å². The van der Waals surface area contributed by atoms with Crippen LogP contribution in [0.25, 0.3) is 0 Å². The summed E-state index contributed by atoms with van der Waals surface area (Å²) in [5.41, 5.74) is 1.54. The van der Waals surface area contributed by atoms with Gasteiger partial charge in [-0.05, 0) is 25.5 Å². The highest BCUT2D eigenvalue weighted by Gasteiger charge is 2.50. The molecule has 0 bridgehead atoms. The lowest BCUT2D eigenvalue weighted by atomic mass is 10.0. The van der Waals surface area contributed by atoms with Crippen LogP contribution in [0, 0.1) is 5.92 Å². The van der Waals surface area contributed by atoms with E-state index in [4.69, 9.17) is 4.74 Å². The third-order valence-electron chi connectivity index (χ3n) is 3.88. The summed E-state index contributed by atoms with van der Waals surface area (Å²) >= 11 is 0. The third-order valence-corrected chi connectivity index (χ3v) is 3.88. The molecule has 24 heavy (non-hydrogen) atoms. The van der Waals surface area contributed by atoms with Gasteiger partial charge < -0.3 is 9.64 Å². The Morgan fingerprint density at radius 1 is 1.29 bits per heavy atom. The van der Waals surface area contributed by atoms with E-state index in [2.05, 4.69) is 10.2 Å². The minimum atomic E-state index is -4.70. The van der Waals surface area contributed by atoms with Gasteiger partial charge in [0.05, 0.1) is 18.0 Å². The van der Waals surface area contributed by atoms with E-state index >= 15 is 0 Å². The molecule has 1 aromatic rings. The molecule has 0 saturated carbocycles. The number of carbonyl (C=O) groups excluding carboxylic acids is 1. The molecule has 1 atom stereocenters. The molecule has 1 unspecified atom stereocenters. The van der Waals surface area contributed by atoms with E-state index in [1.54, 1.807) is 12.1 Å². The van der Waals surface area contributed by atoms with Crippen molar-refractivity contribution in [3.05, 3.63) is 41.2 Å². The van der Waals surface area contributed by atoms with Gasteiger partial charge in [-0.2, -0.15) is 18.3 Å². The lowest BCUT2D eigenvalue weighted by Crippen LogP contribution is -2.38. The van der Waals surface area contributed by atoms with Gasteiger partial charge in [-0.15, -0.1) is 5.11 Å². The van der Waals surface area contributed by atoms with Gasteiger partial charge in [-0.1, -0.05) is 12.1 Å². The van der Waals surface area contributed by atoms with Crippen molar-refractivity contribution in [3.63, 3.8) is 0 Å². The summed E-state index contributed by atoms with van der Waals surface area (Å²) in [5, 5.41) is 6.47. The van der Waals surface area contributed by atoms with Crippen molar-refractivity contribution in [3.8, 4) is 5.75 Å². The number of alkyl halides is 3. The average Bonchev–Trinajstić information content (AvgIpc) is 2.90. The zero-order valence-electron chi connectivity index (χ0n) is 13.2. The number of hydrogen-bond donors (Lipinski definition) is 0. The van der Waals surface area contributed by atoms with Crippen LogP contribution in [0.2, 0.25) is 0 Å². The Labute approximate surface area is 136 Å². The highest BCUT2D eigenvalue weighted by Crippen LogP contribution is 2.41. The molecular weight excluding hydrogens is 323 g/mol. The zero-order valence-corrected chi connectivity index (χ0v) is 13.2. The number of carbonyl (C=O) groups is 1. The third kappa shape index (κ3) is 3.00. The lowest BCUT2D eigenvalue weighted by molar-refractivity contribution is -0.177. The van der Waals surface area contributed by atoms with Gasteiger partial charge in [-0.3, -0.25) is 4.79 Å². The molecule has 5 nitrogen and oxygen atoms in total. The topological polar surface area (TPSA) is 54.3 Å². The molecular formula is C16H16F3N3O2. The van der Waals surface area contributed by atoms with Crippen LogP contribution in [0.3, 0.4) is 0 Å². The maximum atomic E-state index is 13.3. The molecule has 3 rings (SSSR count). The fourth-order valence-corrected chi connectivity index (χ4v) is 2.91. The molecule has 1 amide bonds. The second kappa shape index (κ2) is 5.92. The van der Waals surface area contributed by atoms with Crippen molar-refractivity contribution >= 4 is 5.91 Å². The van der Waals surface area contributed by atoms with E-state index in [1.807, 2.05) is 19.9 Å². The van der Waals surface area contributed by atoms with Gasteiger partial charge in [0, 0.05) is 18.7 Å². The molecule has 2 aliphatic rings. The number of nitrogens with zero attached hydrogens (tertiary/aromatic N) is 3. The molecule has 0 spiro atoms. The van der Waals surface area contributed by atoms with Crippen LogP contribution in [0.1, 0.15) is 25.0 Å². The number of ether oxygens (including phenoxy) is 1. The zero-order chi connectivity index (χ0) is 17.5. The van der Waals surface area contributed by atoms with Crippen LogP contribution in [0.5, 0.6) is 5.75 Å². The monoisotopic (exact) mass is 339 g/mol. The summed E-state index contributed by atoms with van der Waals surface area (Å²) in [5.74, 6) is -2.90. The molecule has 0 aromatic heterocycles. The normalized spacial score (nSPS) is 20.4. The molecule has 0 N–H and O–H groups in total. The predicted molar refractivity (Wildman–Crippen MR) is 78.9 cm³/mol. The van der Waals surface area contributed by atoms with Crippen molar-refractivity contribution in [1.82, 2.24) is 4.90 Å². The minimum absolute atomic E-state index is 0.0438. The number of rotatable bonds is 3. The van der Waals surface area contributed by atoms with Crippen molar-refractivity contribution < 1.29 is 22.7 Å². The maximum absolute atomic E-state index is 13.3. The number of fused-ring (bicyclic) bond motifs is 1. The number of azo groups is 1. The smallest absolute Gasteiger partial charge is 0.406 e. The SMILES string of the molecule is CC(C)Oc1cccc2c1CN(C1=CN=NC(=O)C1C(F)(F)F)C2. The van der Waals surface area contributed by atoms with Crippen molar-refractivity contribution in [2.45, 2.75) is 39.2 Å². The largest absolute Gasteiger partial charge is 0.491 e. The second-order valence-electron chi connectivity index (χ2n) is 6.00. The summed E-state index contributed by atoms with van der Waals surface area (Å²) in [6, 6.07) is 5.45. The summed E-state index contributed by atoms with van der Waals surface area (Å²) in [6.07, 6.45) is -3.72. The van der Waals surface area contributed by atoms with Crippen LogP contribution in [0.4, 0.5) is 13.2 Å². The molecule has 2 heterocycles. The van der Waals surface area contributed by atoms with Crippen molar-refractivity contribution in [1.29, 1.82) is 0 Å². The van der Waals surface area contributed by atoms with E-state index in [-0.39, 0.29) is 24.9 Å². The van der Waals surface area contributed by atoms with Gasteiger partial charge in [0.25, 0.3) is 5.91 Å². The molecule has 1 aromatic carbocycles. The fourth-order valence-electron chi connectivity index (χ4n) is 2.91. The van der Waals surface area contributed by atoms with E-state index in [0.717, 1.165) is 17.3 Å². The molecule has 0 aliphatic carbocycles. The number of amides is 1. The van der Waals surface area contributed by atoms with Crippen LogP contribution >= 0.6 is 0 Å².